The van der Waals surface area contributed by atoms with Crippen LogP contribution < -0.4 is 10.6 Å². The number of rotatable bonds is 10. The summed E-state index contributed by atoms with van der Waals surface area (Å²) in [5.41, 5.74) is 5.27. The highest BCUT2D eigenvalue weighted by Gasteiger charge is 2.30. The molecule has 2 amide bonds. The zero-order valence-corrected chi connectivity index (χ0v) is 27.1. The maximum absolute atomic E-state index is 13.5. The summed E-state index contributed by atoms with van der Waals surface area (Å²) in [5.74, 6) is 0.683. The molecule has 3 heterocycles. The smallest absolute Gasteiger partial charge is 0.319 e. The second kappa shape index (κ2) is 12.9. The van der Waals surface area contributed by atoms with E-state index >= 15 is 0 Å². The molecule has 10 heteroatoms. The van der Waals surface area contributed by atoms with Gasteiger partial charge in [-0.1, -0.05) is 68.5 Å². The number of H-pyrrole nitrogens is 1. The Morgan fingerprint density at radius 1 is 1.07 bits per heavy atom. The number of aromatic nitrogens is 4. The summed E-state index contributed by atoms with van der Waals surface area (Å²) in [6, 6.07) is 25.1. The lowest BCUT2D eigenvalue weighted by Gasteiger charge is -2.38. The van der Waals surface area contributed by atoms with Crippen LogP contribution in [0.1, 0.15) is 30.9 Å². The van der Waals surface area contributed by atoms with E-state index in [2.05, 4.69) is 59.3 Å². The number of hydrogen-bond acceptors (Lipinski definition) is 5. The number of likely N-dealkylation sites (N-methyl/N-ethyl adjacent to an activating group) is 1. The van der Waals surface area contributed by atoms with Gasteiger partial charge < -0.3 is 25.3 Å². The van der Waals surface area contributed by atoms with Crippen LogP contribution in [0.15, 0.2) is 72.8 Å². The number of aromatic amines is 1. The highest BCUT2D eigenvalue weighted by Crippen LogP contribution is 2.31. The third kappa shape index (κ3) is 6.88. The molecular weight excluding hydrogens is 567 g/mol. The van der Waals surface area contributed by atoms with Gasteiger partial charge in [-0.15, -0.1) is 0 Å². The summed E-state index contributed by atoms with van der Waals surface area (Å²) in [6.07, 6.45) is 3.39. The number of nitrogens with one attached hydrogen (secondary N) is 3. The molecule has 3 N–H and O–H groups in total. The molecule has 44 heavy (non-hydrogen) atoms. The molecule has 1 aliphatic rings. The van der Waals surface area contributed by atoms with Crippen molar-refractivity contribution in [2.24, 2.45) is 0 Å². The molecule has 1 fully saturated rings. The number of imidazole rings is 1. The summed E-state index contributed by atoms with van der Waals surface area (Å²) in [6.45, 7) is 9.13. The minimum atomic E-state index is -1.21. The number of hydrogen-bond donors (Lipinski definition) is 3. The molecule has 0 bridgehead atoms. The number of urea groups is 1. The van der Waals surface area contributed by atoms with Crippen LogP contribution in [0.25, 0.3) is 33.5 Å². The molecular formula is C34H43N7O2Si. The number of likely N-dealkylation sites (tertiary alicyclic amines) is 1. The van der Waals surface area contributed by atoms with E-state index in [-0.39, 0.29) is 18.1 Å². The first-order valence-corrected chi connectivity index (χ1v) is 19.3. The van der Waals surface area contributed by atoms with Crippen molar-refractivity contribution in [2.75, 3.05) is 25.5 Å². The number of carbonyl (C=O) groups excluding carboxylic acids is 1. The van der Waals surface area contributed by atoms with Crippen molar-refractivity contribution in [1.29, 1.82) is 0 Å². The van der Waals surface area contributed by atoms with E-state index in [9.17, 15) is 4.79 Å². The van der Waals surface area contributed by atoms with E-state index in [1.807, 2.05) is 65.3 Å². The lowest BCUT2D eigenvalue weighted by Crippen LogP contribution is -2.47. The van der Waals surface area contributed by atoms with Crippen LogP contribution in [-0.4, -0.2) is 65.0 Å². The van der Waals surface area contributed by atoms with Crippen molar-refractivity contribution < 1.29 is 9.53 Å². The van der Waals surface area contributed by atoms with Crippen molar-refractivity contribution in [1.82, 2.24) is 30.0 Å². The third-order valence-electron chi connectivity index (χ3n) is 8.49. The molecule has 0 aliphatic carbocycles. The van der Waals surface area contributed by atoms with E-state index in [0.29, 0.717) is 24.8 Å². The van der Waals surface area contributed by atoms with Crippen molar-refractivity contribution in [2.45, 2.75) is 63.8 Å². The van der Waals surface area contributed by atoms with Crippen LogP contribution in [0.4, 0.5) is 10.5 Å². The minimum absolute atomic E-state index is 0.118. The Labute approximate surface area is 260 Å². The molecule has 2 unspecified atom stereocenters. The van der Waals surface area contributed by atoms with Gasteiger partial charge in [0.15, 0.2) is 5.82 Å². The van der Waals surface area contributed by atoms with Crippen molar-refractivity contribution in [3.63, 3.8) is 0 Å². The first-order chi connectivity index (χ1) is 21.2. The van der Waals surface area contributed by atoms with Crippen LogP contribution >= 0.6 is 0 Å². The Hall–Kier alpha value is -3.99. The van der Waals surface area contributed by atoms with E-state index in [4.69, 9.17) is 14.8 Å². The van der Waals surface area contributed by atoms with Gasteiger partial charge in [-0.25, -0.2) is 14.5 Å². The van der Waals surface area contributed by atoms with Gasteiger partial charge in [0.2, 0.25) is 0 Å². The predicted molar refractivity (Wildman–Crippen MR) is 181 cm³/mol. The summed E-state index contributed by atoms with van der Waals surface area (Å²) in [5, 5.41) is 12.2. The van der Waals surface area contributed by atoms with Crippen LogP contribution in [0.5, 0.6) is 0 Å². The van der Waals surface area contributed by atoms with Crippen LogP contribution in [0.3, 0.4) is 0 Å². The molecule has 2 atom stereocenters. The molecule has 9 nitrogen and oxygen atoms in total. The Morgan fingerprint density at radius 2 is 1.86 bits per heavy atom. The number of fused-ring (bicyclic) bond motifs is 2. The first-order valence-electron chi connectivity index (χ1n) is 15.6. The Morgan fingerprint density at radius 3 is 2.64 bits per heavy atom. The SMILES string of the molecule is CN1CCCCC1C(NC(=O)Nc1ccc2c(c1)c(-c1nc3ccccc3[nH]1)nn2COCC[Si](C)(C)C)c1ccccc1. The molecule has 1 saturated heterocycles. The van der Waals surface area contributed by atoms with Crippen LogP contribution in [-0.2, 0) is 11.5 Å². The van der Waals surface area contributed by atoms with Gasteiger partial charge in [0.05, 0.1) is 22.6 Å². The van der Waals surface area contributed by atoms with E-state index in [0.717, 1.165) is 58.6 Å². The van der Waals surface area contributed by atoms with Crippen LogP contribution in [0, 0.1) is 0 Å². The first kappa shape index (κ1) is 30.1. The molecule has 1 aliphatic heterocycles. The lowest BCUT2D eigenvalue weighted by molar-refractivity contribution is 0.0818. The third-order valence-corrected chi connectivity index (χ3v) is 10.2. The zero-order chi connectivity index (χ0) is 30.7. The zero-order valence-electron chi connectivity index (χ0n) is 26.1. The molecule has 3 aromatic carbocycles. The number of carbonyl (C=O) groups is 1. The van der Waals surface area contributed by atoms with Crippen LogP contribution in [0.2, 0.25) is 25.7 Å². The molecule has 6 rings (SSSR count). The van der Waals surface area contributed by atoms with Crippen molar-refractivity contribution >= 4 is 41.7 Å². The number of ether oxygens (including phenoxy) is 1. The lowest BCUT2D eigenvalue weighted by atomic mass is 9.91. The van der Waals surface area contributed by atoms with Gasteiger partial charge in [0.1, 0.15) is 12.4 Å². The monoisotopic (exact) mass is 609 g/mol. The maximum Gasteiger partial charge on any atom is 0.319 e. The fraction of sp³-hybridized carbons (Fsp3) is 0.382. The fourth-order valence-electron chi connectivity index (χ4n) is 6.02. The van der Waals surface area contributed by atoms with Gasteiger partial charge in [-0.05, 0) is 68.4 Å². The fourth-order valence-corrected chi connectivity index (χ4v) is 6.77. The Kier molecular flexibility index (Phi) is 8.83. The number of anilines is 1. The number of benzene rings is 3. The normalized spacial score (nSPS) is 16.8. The molecule has 0 saturated carbocycles. The number of nitrogens with zero attached hydrogens (tertiary/aromatic N) is 4. The van der Waals surface area contributed by atoms with E-state index < -0.39 is 8.07 Å². The average Bonchev–Trinajstić information content (AvgIpc) is 3.60. The van der Waals surface area contributed by atoms with Gasteiger partial charge in [0, 0.05) is 31.8 Å². The summed E-state index contributed by atoms with van der Waals surface area (Å²) < 4.78 is 7.96. The number of para-hydroxylation sites is 2. The standard InChI is InChI=1S/C34H43N7O2Si/c1-40-19-11-10-16-30(40)31(24-12-6-5-7-13-24)38-34(42)35-25-17-18-29-26(22-25)32(33-36-27-14-8-9-15-28(27)37-33)39-41(29)23-43-20-21-44(2,3)4/h5-9,12-15,17-18,22,30-31H,10-11,16,19-21,23H2,1-4H3,(H,36,37)(H2,35,38,42). The number of amides is 2. The van der Waals surface area contributed by atoms with Gasteiger partial charge in [0.25, 0.3) is 0 Å². The molecule has 230 valence electrons. The van der Waals surface area contributed by atoms with E-state index in [1.54, 1.807) is 0 Å². The molecule has 5 aromatic rings. The summed E-state index contributed by atoms with van der Waals surface area (Å²) in [7, 11) is 0.946. The quantitative estimate of drug-likeness (QED) is 0.115. The molecule has 0 spiro atoms. The Bertz CT molecular complexity index is 1690. The highest BCUT2D eigenvalue weighted by atomic mass is 28.3. The highest BCUT2D eigenvalue weighted by molar-refractivity contribution is 6.76. The average molecular weight is 610 g/mol. The van der Waals surface area contributed by atoms with Gasteiger partial charge in [-0.3, -0.25) is 0 Å². The largest absolute Gasteiger partial charge is 0.360 e. The molecule has 0 radical (unpaired) electrons. The second-order valence-electron chi connectivity index (χ2n) is 13.1. The second-order valence-corrected chi connectivity index (χ2v) is 18.7. The van der Waals surface area contributed by atoms with Crippen molar-refractivity contribution in [3.05, 3.63) is 78.4 Å². The van der Waals surface area contributed by atoms with Crippen molar-refractivity contribution in [3.8, 4) is 11.5 Å². The number of piperidine rings is 1. The maximum atomic E-state index is 13.5. The van der Waals surface area contributed by atoms with E-state index in [1.165, 1.54) is 6.42 Å². The van der Waals surface area contributed by atoms with Gasteiger partial charge >= 0.3 is 6.03 Å². The predicted octanol–water partition coefficient (Wildman–Crippen LogP) is 7.24. The van der Waals surface area contributed by atoms with Gasteiger partial charge in [-0.2, -0.15) is 5.10 Å². The molecule has 2 aromatic heterocycles. The topological polar surface area (TPSA) is 100 Å². The Balaban J connectivity index is 1.27. The summed E-state index contributed by atoms with van der Waals surface area (Å²) >= 11 is 0. The summed E-state index contributed by atoms with van der Waals surface area (Å²) in [4.78, 5) is 24.1. The minimum Gasteiger partial charge on any atom is -0.360 e.